The van der Waals surface area contributed by atoms with Crippen molar-refractivity contribution in [2.45, 2.75) is 20.0 Å². The number of ketones is 1. The van der Waals surface area contributed by atoms with E-state index < -0.39 is 17.9 Å². The number of amides is 2. The van der Waals surface area contributed by atoms with Crippen molar-refractivity contribution in [3.05, 3.63) is 59.2 Å². The fraction of sp³-hybridized carbons (Fsp3) is 0.250. The predicted molar refractivity (Wildman–Crippen MR) is 94.6 cm³/mol. The van der Waals surface area contributed by atoms with Crippen LogP contribution in [-0.4, -0.2) is 42.3 Å². The second-order valence-corrected chi connectivity index (χ2v) is 6.11. The molecule has 6 nitrogen and oxygen atoms in total. The summed E-state index contributed by atoms with van der Waals surface area (Å²) in [6.45, 7) is 3.03. The average Bonchev–Trinajstić information content (AvgIpc) is 2.72. The molecule has 0 saturated carbocycles. The number of ether oxygens (including phenoxy) is 2. The van der Waals surface area contributed by atoms with E-state index in [4.69, 9.17) is 9.47 Å². The number of aryl methyl sites for hydroxylation is 1. The van der Waals surface area contributed by atoms with Gasteiger partial charge in [0, 0.05) is 0 Å². The third-order valence-corrected chi connectivity index (χ3v) is 4.24. The number of imide groups is 1. The zero-order valence-corrected chi connectivity index (χ0v) is 14.8. The van der Waals surface area contributed by atoms with Gasteiger partial charge in [-0.25, -0.2) is 0 Å². The minimum atomic E-state index is -0.866. The lowest BCUT2D eigenvalue weighted by molar-refractivity contribution is -0.134. The lowest BCUT2D eigenvalue weighted by Crippen LogP contribution is -2.44. The molecule has 2 amide bonds. The van der Waals surface area contributed by atoms with Crippen molar-refractivity contribution < 1.29 is 23.9 Å². The van der Waals surface area contributed by atoms with Gasteiger partial charge >= 0.3 is 0 Å². The Morgan fingerprint density at radius 3 is 2.65 bits per heavy atom. The summed E-state index contributed by atoms with van der Waals surface area (Å²) in [4.78, 5) is 39.2. The second-order valence-electron chi connectivity index (χ2n) is 6.11. The molecule has 26 heavy (non-hydrogen) atoms. The number of hydrogen-bond donors (Lipinski definition) is 0. The third kappa shape index (κ3) is 3.18. The number of nitrogens with zero attached hydrogens (tertiary/aromatic N) is 1. The molecule has 1 aliphatic heterocycles. The third-order valence-electron chi connectivity index (χ3n) is 4.24. The highest BCUT2D eigenvalue weighted by molar-refractivity contribution is 6.12. The summed E-state index contributed by atoms with van der Waals surface area (Å²) in [6, 6.07) is 11.8. The van der Waals surface area contributed by atoms with Gasteiger partial charge in [-0.1, -0.05) is 23.8 Å². The predicted octanol–water partition coefficient (Wildman–Crippen LogP) is 2.64. The highest BCUT2D eigenvalue weighted by Gasteiger charge is 2.35. The number of para-hydroxylation sites is 1. The molecule has 1 aliphatic rings. The van der Waals surface area contributed by atoms with Gasteiger partial charge in [0.2, 0.25) is 0 Å². The maximum atomic E-state index is 12.8. The van der Waals surface area contributed by atoms with Crippen LogP contribution in [0.5, 0.6) is 11.5 Å². The largest absolute Gasteiger partial charge is 0.496 e. The van der Waals surface area contributed by atoms with Gasteiger partial charge in [0.25, 0.3) is 11.8 Å². The monoisotopic (exact) mass is 353 g/mol. The number of carbonyl (C=O) groups excluding carboxylic acids is 3. The Kier molecular flexibility index (Phi) is 4.75. The van der Waals surface area contributed by atoms with E-state index in [2.05, 4.69) is 0 Å². The van der Waals surface area contributed by atoms with Crippen LogP contribution in [0.1, 0.15) is 33.2 Å². The Balaban J connectivity index is 1.95. The number of rotatable bonds is 4. The Hall–Kier alpha value is -3.15. The molecule has 3 rings (SSSR count). The van der Waals surface area contributed by atoms with Gasteiger partial charge < -0.3 is 9.47 Å². The molecule has 1 atom stereocenters. The Bertz CT molecular complexity index is 890. The van der Waals surface area contributed by atoms with E-state index in [1.54, 1.807) is 43.3 Å². The first kappa shape index (κ1) is 17.7. The van der Waals surface area contributed by atoms with Crippen molar-refractivity contribution in [1.82, 2.24) is 4.90 Å². The molecule has 0 N–H and O–H groups in total. The number of benzene rings is 2. The molecule has 0 aromatic heterocycles. The van der Waals surface area contributed by atoms with E-state index in [9.17, 15) is 14.4 Å². The van der Waals surface area contributed by atoms with Gasteiger partial charge in [-0.15, -0.1) is 0 Å². The molecule has 1 unspecified atom stereocenters. The van der Waals surface area contributed by atoms with E-state index in [0.29, 0.717) is 17.1 Å². The first-order chi connectivity index (χ1) is 12.4. The van der Waals surface area contributed by atoms with Gasteiger partial charge in [0.15, 0.2) is 11.9 Å². The van der Waals surface area contributed by atoms with Crippen molar-refractivity contribution in [1.29, 1.82) is 0 Å². The molecule has 0 fully saturated rings. The smallest absolute Gasteiger partial charge is 0.270 e. The van der Waals surface area contributed by atoms with Gasteiger partial charge in [-0.2, -0.15) is 0 Å². The molecular weight excluding hydrogens is 334 g/mol. The van der Waals surface area contributed by atoms with Crippen LogP contribution in [0.2, 0.25) is 0 Å². The average molecular weight is 353 g/mol. The molecule has 2 aromatic carbocycles. The van der Waals surface area contributed by atoms with Crippen LogP contribution in [0, 0.1) is 6.92 Å². The normalized spacial score (nSPS) is 16.6. The molecule has 2 aromatic rings. The van der Waals surface area contributed by atoms with Gasteiger partial charge in [-0.3, -0.25) is 19.3 Å². The Morgan fingerprint density at radius 1 is 1.19 bits per heavy atom. The van der Waals surface area contributed by atoms with Crippen LogP contribution in [0.3, 0.4) is 0 Å². The summed E-state index contributed by atoms with van der Waals surface area (Å²) < 4.78 is 10.8. The Labute approximate surface area is 151 Å². The van der Waals surface area contributed by atoms with Crippen LogP contribution < -0.4 is 9.47 Å². The summed E-state index contributed by atoms with van der Waals surface area (Å²) in [5.74, 6) is -0.735. The Morgan fingerprint density at radius 2 is 1.92 bits per heavy atom. The second kappa shape index (κ2) is 7.00. The van der Waals surface area contributed by atoms with Crippen molar-refractivity contribution in [3.8, 4) is 11.5 Å². The molecule has 0 bridgehead atoms. The van der Waals surface area contributed by atoms with E-state index >= 15 is 0 Å². The standard InChI is InChI=1S/C20H19NO5/c1-12-8-9-17(25-3)15(10-12)16(22)11-21-19(23)13(2)26-18-7-5-4-6-14(18)20(21)24/h4-10,13H,11H2,1-3H3. The number of Topliss-reactive ketones (excluding diaryl/α,β-unsaturated/α-hetero) is 1. The minimum Gasteiger partial charge on any atom is -0.496 e. The molecular formula is C20H19NO5. The zero-order chi connectivity index (χ0) is 18.8. The van der Waals surface area contributed by atoms with E-state index in [0.717, 1.165) is 10.5 Å². The van der Waals surface area contributed by atoms with Crippen LogP contribution in [0.15, 0.2) is 42.5 Å². The van der Waals surface area contributed by atoms with E-state index in [-0.39, 0.29) is 17.9 Å². The summed E-state index contributed by atoms with van der Waals surface area (Å²) in [6.07, 6.45) is -0.866. The maximum absolute atomic E-state index is 12.8. The first-order valence-corrected chi connectivity index (χ1v) is 8.21. The van der Waals surface area contributed by atoms with Crippen LogP contribution >= 0.6 is 0 Å². The number of hydrogen-bond acceptors (Lipinski definition) is 5. The van der Waals surface area contributed by atoms with Gasteiger partial charge in [0.05, 0.1) is 24.8 Å². The fourth-order valence-electron chi connectivity index (χ4n) is 2.87. The number of fused-ring (bicyclic) bond motifs is 1. The van der Waals surface area contributed by atoms with Crippen LogP contribution in [0.25, 0.3) is 0 Å². The fourth-order valence-corrected chi connectivity index (χ4v) is 2.87. The number of carbonyl (C=O) groups is 3. The lowest BCUT2D eigenvalue weighted by Gasteiger charge is -2.20. The van der Waals surface area contributed by atoms with Crippen molar-refractivity contribution in [2.24, 2.45) is 0 Å². The topological polar surface area (TPSA) is 72.9 Å². The summed E-state index contributed by atoms with van der Waals surface area (Å²) in [5, 5.41) is 0. The summed E-state index contributed by atoms with van der Waals surface area (Å²) in [5.41, 5.74) is 1.47. The minimum absolute atomic E-state index is 0.259. The lowest BCUT2D eigenvalue weighted by atomic mass is 10.1. The highest BCUT2D eigenvalue weighted by atomic mass is 16.5. The zero-order valence-electron chi connectivity index (χ0n) is 14.8. The van der Waals surface area contributed by atoms with Crippen molar-refractivity contribution in [3.63, 3.8) is 0 Å². The summed E-state index contributed by atoms with van der Waals surface area (Å²) in [7, 11) is 1.47. The summed E-state index contributed by atoms with van der Waals surface area (Å²) >= 11 is 0. The van der Waals surface area contributed by atoms with Gasteiger partial charge in [0.1, 0.15) is 11.5 Å². The molecule has 0 aliphatic carbocycles. The van der Waals surface area contributed by atoms with Crippen LogP contribution in [0.4, 0.5) is 0 Å². The molecule has 1 heterocycles. The molecule has 0 spiro atoms. The molecule has 134 valence electrons. The van der Waals surface area contributed by atoms with Crippen molar-refractivity contribution in [2.75, 3.05) is 13.7 Å². The highest BCUT2D eigenvalue weighted by Crippen LogP contribution is 2.26. The van der Waals surface area contributed by atoms with E-state index in [1.165, 1.54) is 7.11 Å². The maximum Gasteiger partial charge on any atom is 0.270 e. The van der Waals surface area contributed by atoms with Gasteiger partial charge in [-0.05, 0) is 38.1 Å². The SMILES string of the molecule is COc1ccc(C)cc1C(=O)CN1C(=O)c2ccccc2OC(C)C1=O. The number of methoxy groups -OCH3 is 1. The molecule has 0 radical (unpaired) electrons. The van der Waals surface area contributed by atoms with Crippen LogP contribution in [-0.2, 0) is 4.79 Å². The molecule has 6 heteroatoms. The van der Waals surface area contributed by atoms with Crippen molar-refractivity contribution >= 4 is 17.6 Å². The first-order valence-electron chi connectivity index (χ1n) is 8.21. The quantitative estimate of drug-likeness (QED) is 0.624. The molecule has 0 saturated heterocycles. The van der Waals surface area contributed by atoms with E-state index in [1.807, 2.05) is 13.0 Å².